The molecule has 7 heteroatoms. The van der Waals surface area contributed by atoms with E-state index in [1.165, 1.54) is 13.1 Å². The molecular weight excluding hydrogens is 264 g/mol. The molecule has 0 radical (unpaired) electrons. The average Bonchev–Trinajstić information content (AvgIpc) is 2.63. The Morgan fingerprint density at radius 1 is 1.55 bits per heavy atom. The molecule has 0 aliphatic carbocycles. The predicted molar refractivity (Wildman–Crippen MR) is 69.9 cm³/mol. The molecule has 1 fully saturated rings. The SMILES string of the molecule is CC#CC1(O)C(O)C(CC)OC1n1ccc(=O)[nH]c1=O. The minimum Gasteiger partial charge on any atom is -0.386 e. The summed E-state index contributed by atoms with van der Waals surface area (Å²) in [6.07, 6.45) is -1.42. The van der Waals surface area contributed by atoms with Gasteiger partial charge in [0.2, 0.25) is 0 Å². The lowest BCUT2D eigenvalue weighted by molar-refractivity contribution is -0.0727. The maximum atomic E-state index is 11.8. The zero-order valence-corrected chi connectivity index (χ0v) is 11.2. The molecule has 20 heavy (non-hydrogen) atoms. The molecule has 0 aromatic carbocycles. The van der Waals surface area contributed by atoms with E-state index in [2.05, 4.69) is 16.8 Å². The number of aliphatic hydroxyl groups excluding tert-OH is 1. The molecule has 0 bridgehead atoms. The molecule has 3 N–H and O–H groups in total. The van der Waals surface area contributed by atoms with Gasteiger partial charge in [0.25, 0.3) is 5.56 Å². The number of nitrogens with one attached hydrogen (secondary N) is 1. The largest absolute Gasteiger partial charge is 0.386 e. The van der Waals surface area contributed by atoms with E-state index in [1.54, 1.807) is 6.92 Å². The second-order valence-corrected chi connectivity index (χ2v) is 4.60. The van der Waals surface area contributed by atoms with Crippen LogP contribution >= 0.6 is 0 Å². The van der Waals surface area contributed by atoms with Crippen LogP contribution in [0.25, 0.3) is 0 Å². The van der Waals surface area contributed by atoms with E-state index >= 15 is 0 Å². The summed E-state index contributed by atoms with van der Waals surface area (Å²) in [5, 5.41) is 20.7. The van der Waals surface area contributed by atoms with Crippen LogP contribution in [0.5, 0.6) is 0 Å². The molecule has 1 aliphatic rings. The van der Waals surface area contributed by atoms with Gasteiger partial charge in [0.1, 0.15) is 6.10 Å². The van der Waals surface area contributed by atoms with Gasteiger partial charge in [0.05, 0.1) is 6.10 Å². The Balaban J connectivity index is 2.55. The fraction of sp³-hybridized carbons (Fsp3) is 0.538. The van der Waals surface area contributed by atoms with Gasteiger partial charge in [-0.3, -0.25) is 14.3 Å². The van der Waals surface area contributed by atoms with E-state index in [4.69, 9.17) is 4.74 Å². The number of aromatic amines is 1. The van der Waals surface area contributed by atoms with E-state index in [1.807, 2.05) is 0 Å². The Bertz CT molecular complexity index is 668. The predicted octanol–water partition coefficient (Wildman–Crippen LogP) is -1.04. The van der Waals surface area contributed by atoms with Gasteiger partial charge in [-0.15, -0.1) is 5.92 Å². The molecule has 4 unspecified atom stereocenters. The second kappa shape index (κ2) is 5.25. The molecule has 7 nitrogen and oxygen atoms in total. The van der Waals surface area contributed by atoms with Crippen molar-refractivity contribution in [3.05, 3.63) is 33.1 Å². The lowest BCUT2D eigenvalue weighted by Gasteiger charge is -2.26. The summed E-state index contributed by atoms with van der Waals surface area (Å²) < 4.78 is 6.55. The summed E-state index contributed by atoms with van der Waals surface area (Å²) in [6.45, 7) is 3.29. The van der Waals surface area contributed by atoms with E-state index in [0.29, 0.717) is 6.42 Å². The van der Waals surface area contributed by atoms with Gasteiger partial charge in [-0.1, -0.05) is 12.8 Å². The van der Waals surface area contributed by atoms with E-state index in [-0.39, 0.29) is 0 Å². The van der Waals surface area contributed by atoms with Crippen LogP contribution < -0.4 is 11.2 Å². The van der Waals surface area contributed by atoms with Gasteiger partial charge < -0.3 is 14.9 Å². The summed E-state index contributed by atoms with van der Waals surface area (Å²) >= 11 is 0. The lowest BCUT2D eigenvalue weighted by atomic mass is 9.93. The van der Waals surface area contributed by atoms with Gasteiger partial charge in [0, 0.05) is 12.3 Å². The highest BCUT2D eigenvalue weighted by atomic mass is 16.6. The number of rotatable bonds is 2. The van der Waals surface area contributed by atoms with Crippen molar-refractivity contribution in [2.24, 2.45) is 0 Å². The van der Waals surface area contributed by atoms with Crippen LogP contribution in [0.2, 0.25) is 0 Å². The fourth-order valence-corrected chi connectivity index (χ4v) is 2.32. The van der Waals surface area contributed by atoms with Crippen molar-refractivity contribution >= 4 is 0 Å². The molecule has 4 atom stereocenters. The van der Waals surface area contributed by atoms with Crippen molar-refractivity contribution in [2.45, 2.75) is 44.3 Å². The maximum absolute atomic E-state index is 11.8. The van der Waals surface area contributed by atoms with Crippen LogP contribution in [0, 0.1) is 11.8 Å². The minimum atomic E-state index is -1.91. The van der Waals surface area contributed by atoms with Crippen molar-refractivity contribution < 1.29 is 14.9 Å². The normalized spacial score (nSPS) is 32.7. The third-order valence-electron chi connectivity index (χ3n) is 3.31. The topological polar surface area (TPSA) is 105 Å². The molecular formula is C13H16N2O5. The molecule has 1 saturated heterocycles. The van der Waals surface area contributed by atoms with E-state index in [9.17, 15) is 19.8 Å². The van der Waals surface area contributed by atoms with Crippen molar-refractivity contribution in [2.75, 3.05) is 0 Å². The molecule has 0 spiro atoms. The zero-order valence-electron chi connectivity index (χ0n) is 11.2. The lowest BCUT2D eigenvalue weighted by Crippen LogP contribution is -2.47. The number of aliphatic hydroxyl groups is 2. The first-order chi connectivity index (χ1) is 9.43. The van der Waals surface area contributed by atoms with Crippen LogP contribution in [0.1, 0.15) is 26.5 Å². The summed E-state index contributed by atoms with van der Waals surface area (Å²) in [5.41, 5.74) is -3.19. The fourth-order valence-electron chi connectivity index (χ4n) is 2.32. The van der Waals surface area contributed by atoms with Gasteiger partial charge >= 0.3 is 5.69 Å². The van der Waals surface area contributed by atoms with Crippen molar-refractivity contribution in [3.63, 3.8) is 0 Å². The highest BCUT2D eigenvalue weighted by Gasteiger charge is 2.55. The highest BCUT2D eigenvalue weighted by Crippen LogP contribution is 2.38. The summed E-state index contributed by atoms with van der Waals surface area (Å²) in [6, 6.07) is 1.14. The molecule has 108 valence electrons. The van der Waals surface area contributed by atoms with Gasteiger partial charge in [-0.05, 0) is 13.3 Å². The third kappa shape index (κ3) is 2.18. The Hall–Kier alpha value is -1.88. The van der Waals surface area contributed by atoms with Gasteiger partial charge in [0.15, 0.2) is 11.8 Å². The minimum absolute atomic E-state index is 0.448. The van der Waals surface area contributed by atoms with Gasteiger partial charge in [-0.25, -0.2) is 4.79 Å². The van der Waals surface area contributed by atoms with E-state index < -0.39 is 35.3 Å². The molecule has 2 rings (SSSR count). The molecule has 0 saturated carbocycles. The third-order valence-corrected chi connectivity index (χ3v) is 3.31. The van der Waals surface area contributed by atoms with Crippen LogP contribution in [-0.4, -0.2) is 37.6 Å². The van der Waals surface area contributed by atoms with Crippen molar-refractivity contribution in [3.8, 4) is 11.8 Å². The van der Waals surface area contributed by atoms with Crippen molar-refractivity contribution in [1.29, 1.82) is 0 Å². The first kappa shape index (κ1) is 14.5. The molecule has 1 aromatic rings. The first-order valence-corrected chi connectivity index (χ1v) is 6.25. The zero-order chi connectivity index (χ0) is 14.9. The quantitative estimate of drug-likeness (QED) is 0.600. The van der Waals surface area contributed by atoms with Crippen LogP contribution in [-0.2, 0) is 4.74 Å². The first-order valence-electron chi connectivity index (χ1n) is 6.25. The maximum Gasteiger partial charge on any atom is 0.330 e. The van der Waals surface area contributed by atoms with E-state index in [0.717, 1.165) is 10.6 Å². The van der Waals surface area contributed by atoms with Crippen LogP contribution in [0.4, 0.5) is 0 Å². The Morgan fingerprint density at radius 3 is 2.80 bits per heavy atom. The van der Waals surface area contributed by atoms with Crippen LogP contribution in [0.3, 0.4) is 0 Å². The summed E-state index contributed by atoms with van der Waals surface area (Å²) in [5.74, 6) is 5.03. The number of nitrogens with zero attached hydrogens (tertiary/aromatic N) is 1. The number of H-pyrrole nitrogens is 1. The summed E-state index contributed by atoms with van der Waals surface area (Å²) in [4.78, 5) is 25.0. The van der Waals surface area contributed by atoms with Crippen molar-refractivity contribution in [1.82, 2.24) is 9.55 Å². The highest BCUT2D eigenvalue weighted by molar-refractivity contribution is 5.22. The van der Waals surface area contributed by atoms with Gasteiger partial charge in [-0.2, -0.15) is 0 Å². The Kier molecular flexibility index (Phi) is 3.81. The molecule has 2 heterocycles. The number of hydrogen-bond donors (Lipinski definition) is 3. The Morgan fingerprint density at radius 2 is 2.25 bits per heavy atom. The molecule has 1 aromatic heterocycles. The number of hydrogen-bond acceptors (Lipinski definition) is 5. The molecule has 1 aliphatic heterocycles. The monoisotopic (exact) mass is 280 g/mol. The second-order valence-electron chi connectivity index (χ2n) is 4.60. The smallest absolute Gasteiger partial charge is 0.330 e. The number of aromatic nitrogens is 2. The Labute approximate surface area is 114 Å². The molecule has 0 amide bonds. The number of ether oxygens (including phenoxy) is 1. The average molecular weight is 280 g/mol. The van der Waals surface area contributed by atoms with Crippen LogP contribution in [0.15, 0.2) is 21.9 Å². The standard InChI is InChI=1S/C13H16N2O5/c1-3-6-13(19)10(17)8(4-2)20-11(13)15-7-5-9(16)14-12(15)18/h5,7-8,10-11,17,19H,4H2,1-2H3,(H,14,16,18). The summed E-state index contributed by atoms with van der Waals surface area (Å²) in [7, 11) is 0.